The van der Waals surface area contributed by atoms with E-state index in [1.807, 2.05) is 30.6 Å². The molecule has 1 aromatic carbocycles. The molecule has 0 saturated heterocycles. The van der Waals surface area contributed by atoms with Gasteiger partial charge in [0.2, 0.25) is 0 Å². The lowest BCUT2D eigenvalue weighted by Crippen LogP contribution is -2.11. The third-order valence-corrected chi connectivity index (χ3v) is 3.76. The summed E-state index contributed by atoms with van der Waals surface area (Å²) in [5, 5.41) is 12.7. The van der Waals surface area contributed by atoms with Gasteiger partial charge < -0.3 is 11.1 Å². The minimum absolute atomic E-state index is 0.298. The molecule has 3 aromatic rings. The molecule has 0 radical (unpaired) electrons. The van der Waals surface area contributed by atoms with E-state index in [0.29, 0.717) is 11.7 Å². The highest BCUT2D eigenvalue weighted by molar-refractivity contribution is 5.94. The topological polar surface area (TPSA) is 76.7 Å². The molecule has 118 valence electrons. The summed E-state index contributed by atoms with van der Waals surface area (Å²) in [5.41, 5.74) is 11.0. The lowest BCUT2D eigenvalue weighted by atomic mass is 9.98. The molecule has 0 aliphatic rings. The SMILES string of the molecule is CCc1ccncc1-c1cc(N)c2nnc(NC(C)C)cc2c1. The fourth-order valence-corrected chi connectivity index (χ4v) is 2.70. The quantitative estimate of drug-likeness (QED) is 0.719. The van der Waals surface area contributed by atoms with Gasteiger partial charge in [0, 0.05) is 29.4 Å². The van der Waals surface area contributed by atoms with Crippen molar-refractivity contribution in [3.8, 4) is 11.1 Å². The van der Waals surface area contributed by atoms with Crippen LogP contribution in [0.5, 0.6) is 0 Å². The standard InChI is InChI=1S/C18H21N5/c1-4-12-5-6-20-10-15(12)13-7-14-9-17(21-11(2)3)22-23-18(14)16(19)8-13/h5-11H,4,19H2,1-3H3,(H,21,22). The summed E-state index contributed by atoms with van der Waals surface area (Å²) in [4.78, 5) is 4.26. The van der Waals surface area contributed by atoms with Crippen LogP contribution in [0, 0.1) is 0 Å². The zero-order valence-electron chi connectivity index (χ0n) is 13.7. The molecule has 5 nitrogen and oxygen atoms in total. The summed E-state index contributed by atoms with van der Waals surface area (Å²) in [5.74, 6) is 0.756. The highest BCUT2D eigenvalue weighted by Crippen LogP contribution is 2.30. The zero-order chi connectivity index (χ0) is 16.4. The Morgan fingerprint density at radius 2 is 2.00 bits per heavy atom. The number of rotatable bonds is 4. The first-order valence-corrected chi connectivity index (χ1v) is 7.85. The van der Waals surface area contributed by atoms with E-state index in [2.05, 4.69) is 47.3 Å². The summed E-state index contributed by atoms with van der Waals surface area (Å²) in [6.07, 6.45) is 4.66. The molecule has 5 heteroatoms. The van der Waals surface area contributed by atoms with Crippen LogP contribution in [0.1, 0.15) is 26.3 Å². The Bertz CT molecular complexity index is 842. The number of pyridine rings is 1. The van der Waals surface area contributed by atoms with Crippen LogP contribution in [0.2, 0.25) is 0 Å². The van der Waals surface area contributed by atoms with Crippen LogP contribution in [-0.4, -0.2) is 21.2 Å². The fraction of sp³-hybridized carbons (Fsp3) is 0.278. The first kappa shape index (κ1) is 15.2. The molecule has 0 atom stereocenters. The summed E-state index contributed by atoms with van der Waals surface area (Å²) >= 11 is 0. The largest absolute Gasteiger partial charge is 0.397 e. The van der Waals surface area contributed by atoms with E-state index in [1.54, 1.807) is 0 Å². The third-order valence-electron chi connectivity index (χ3n) is 3.76. The first-order chi connectivity index (χ1) is 11.1. The molecule has 2 aromatic heterocycles. The van der Waals surface area contributed by atoms with Crippen molar-refractivity contribution < 1.29 is 0 Å². The van der Waals surface area contributed by atoms with E-state index in [4.69, 9.17) is 5.73 Å². The minimum atomic E-state index is 0.298. The average Bonchev–Trinajstić information content (AvgIpc) is 2.53. The highest BCUT2D eigenvalue weighted by atomic mass is 15.2. The van der Waals surface area contributed by atoms with E-state index < -0.39 is 0 Å². The Labute approximate surface area is 136 Å². The van der Waals surface area contributed by atoms with Crippen molar-refractivity contribution in [3.63, 3.8) is 0 Å². The van der Waals surface area contributed by atoms with Gasteiger partial charge in [0.15, 0.2) is 0 Å². The molecule has 2 heterocycles. The summed E-state index contributed by atoms with van der Waals surface area (Å²) in [6, 6.07) is 8.38. The van der Waals surface area contributed by atoms with E-state index in [0.717, 1.165) is 34.3 Å². The van der Waals surface area contributed by atoms with Gasteiger partial charge in [-0.25, -0.2) is 0 Å². The highest BCUT2D eigenvalue weighted by Gasteiger charge is 2.10. The van der Waals surface area contributed by atoms with Gasteiger partial charge in [-0.1, -0.05) is 6.92 Å². The number of nitrogens with two attached hydrogens (primary N) is 1. The fourth-order valence-electron chi connectivity index (χ4n) is 2.70. The predicted molar refractivity (Wildman–Crippen MR) is 95.3 cm³/mol. The van der Waals surface area contributed by atoms with Gasteiger partial charge in [-0.15, -0.1) is 10.2 Å². The normalized spacial score (nSPS) is 11.1. The lowest BCUT2D eigenvalue weighted by molar-refractivity contribution is 0.878. The second-order valence-corrected chi connectivity index (χ2v) is 5.92. The monoisotopic (exact) mass is 307 g/mol. The van der Waals surface area contributed by atoms with Crippen molar-refractivity contribution in [2.45, 2.75) is 33.2 Å². The molecule has 0 aliphatic heterocycles. The number of nitrogen functional groups attached to an aromatic ring is 1. The van der Waals surface area contributed by atoms with Gasteiger partial charge in [-0.3, -0.25) is 4.98 Å². The number of anilines is 2. The van der Waals surface area contributed by atoms with Crippen molar-refractivity contribution in [2.24, 2.45) is 0 Å². The second kappa shape index (κ2) is 6.20. The van der Waals surface area contributed by atoms with Crippen molar-refractivity contribution >= 4 is 22.4 Å². The molecule has 0 aliphatic carbocycles. The number of nitrogens with zero attached hydrogens (tertiary/aromatic N) is 3. The zero-order valence-corrected chi connectivity index (χ0v) is 13.7. The number of nitrogens with one attached hydrogen (secondary N) is 1. The maximum atomic E-state index is 6.19. The van der Waals surface area contributed by atoms with Crippen LogP contribution in [0.15, 0.2) is 36.7 Å². The molecule has 0 bridgehead atoms. The second-order valence-electron chi connectivity index (χ2n) is 5.92. The maximum absolute atomic E-state index is 6.19. The minimum Gasteiger partial charge on any atom is -0.397 e. The van der Waals surface area contributed by atoms with Gasteiger partial charge in [0.1, 0.15) is 11.3 Å². The molecule has 0 spiro atoms. The van der Waals surface area contributed by atoms with Gasteiger partial charge in [-0.05, 0) is 55.7 Å². The molecule has 0 fully saturated rings. The Morgan fingerprint density at radius 3 is 2.74 bits per heavy atom. The van der Waals surface area contributed by atoms with E-state index in [9.17, 15) is 0 Å². The average molecular weight is 307 g/mol. The van der Waals surface area contributed by atoms with Crippen molar-refractivity contribution in [1.82, 2.24) is 15.2 Å². The van der Waals surface area contributed by atoms with Crippen LogP contribution in [0.4, 0.5) is 11.5 Å². The third kappa shape index (κ3) is 3.08. The van der Waals surface area contributed by atoms with Gasteiger partial charge in [0.05, 0.1) is 5.69 Å². The van der Waals surface area contributed by atoms with E-state index in [-0.39, 0.29) is 0 Å². The Morgan fingerprint density at radius 1 is 1.17 bits per heavy atom. The Hall–Kier alpha value is -2.69. The van der Waals surface area contributed by atoms with Crippen molar-refractivity contribution in [3.05, 3.63) is 42.2 Å². The lowest BCUT2D eigenvalue weighted by Gasteiger charge is -2.12. The Balaban J connectivity index is 2.15. The van der Waals surface area contributed by atoms with Crippen LogP contribution in [-0.2, 0) is 6.42 Å². The van der Waals surface area contributed by atoms with Gasteiger partial charge in [0.25, 0.3) is 0 Å². The first-order valence-electron chi connectivity index (χ1n) is 7.85. The van der Waals surface area contributed by atoms with Crippen molar-refractivity contribution in [1.29, 1.82) is 0 Å². The molecule has 3 rings (SSSR count). The number of aryl methyl sites for hydroxylation is 1. The van der Waals surface area contributed by atoms with E-state index >= 15 is 0 Å². The number of fused-ring (bicyclic) bond motifs is 1. The molecule has 3 N–H and O–H groups in total. The molecule has 0 amide bonds. The number of hydrogen-bond donors (Lipinski definition) is 2. The molecule has 0 saturated carbocycles. The summed E-state index contributed by atoms with van der Waals surface area (Å²) in [6.45, 7) is 6.28. The molecule has 23 heavy (non-hydrogen) atoms. The maximum Gasteiger partial charge on any atom is 0.149 e. The summed E-state index contributed by atoms with van der Waals surface area (Å²) < 4.78 is 0. The Kier molecular flexibility index (Phi) is 4.10. The predicted octanol–water partition coefficient (Wildman–Crippen LogP) is 3.66. The van der Waals surface area contributed by atoms with Crippen LogP contribution in [0.3, 0.4) is 0 Å². The van der Waals surface area contributed by atoms with Crippen LogP contribution >= 0.6 is 0 Å². The molecular formula is C18H21N5. The number of benzene rings is 1. The van der Waals surface area contributed by atoms with Crippen molar-refractivity contribution in [2.75, 3.05) is 11.1 Å². The van der Waals surface area contributed by atoms with Crippen LogP contribution in [0.25, 0.3) is 22.0 Å². The van der Waals surface area contributed by atoms with E-state index in [1.165, 1.54) is 5.56 Å². The molecular weight excluding hydrogens is 286 g/mol. The van der Waals surface area contributed by atoms with Crippen LogP contribution < -0.4 is 11.1 Å². The molecule has 0 unspecified atom stereocenters. The number of aromatic nitrogens is 3. The van der Waals surface area contributed by atoms with Gasteiger partial charge in [-0.2, -0.15) is 0 Å². The number of hydrogen-bond acceptors (Lipinski definition) is 5. The van der Waals surface area contributed by atoms with Gasteiger partial charge >= 0.3 is 0 Å². The smallest absolute Gasteiger partial charge is 0.149 e. The summed E-state index contributed by atoms with van der Waals surface area (Å²) in [7, 11) is 0.